The van der Waals surface area contributed by atoms with Crippen LogP contribution in [-0.2, 0) is 4.79 Å². The molecule has 2 heteroatoms. The molecule has 2 nitrogen and oxygen atoms in total. The van der Waals surface area contributed by atoms with E-state index in [9.17, 15) is 4.79 Å². The molecular formula is C11H20O2. The Morgan fingerprint density at radius 1 is 1.15 bits per heavy atom. The van der Waals surface area contributed by atoms with E-state index in [4.69, 9.17) is 5.11 Å². The summed E-state index contributed by atoms with van der Waals surface area (Å²) in [6.07, 6.45) is 10.5. The number of rotatable bonds is 4. The standard InChI is InChI=1S/C11H20O2/c12-11(13)9-5-8-10-6-3-1-2-4-7-10/h10H,1-9H2,(H,12,13). The SMILES string of the molecule is O=C(O)CCCC1CCCCCC1. The predicted octanol–water partition coefficient (Wildman–Crippen LogP) is 3.21. The average molecular weight is 184 g/mol. The molecule has 0 aliphatic heterocycles. The molecule has 1 aliphatic rings. The zero-order valence-corrected chi connectivity index (χ0v) is 8.30. The Hall–Kier alpha value is -0.530. The van der Waals surface area contributed by atoms with E-state index in [2.05, 4.69) is 0 Å². The van der Waals surface area contributed by atoms with Gasteiger partial charge >= 0.3 is 5.97 Å². The van der Waals surface area contributed by atoms with Gasteiger partial charge in [0.15, 0.2) is 0 Å². The highest BCUT2D eigenvalue weighted by atomic mass is 16.4. The second kappa shape index (κ2) is 6.01. The molecular weight excluding hydrogens is 164 g/mol. The Bertz CT molecular complexity index is 146. The number of carbonyl (C=O) groups is 1. The van der Waals surface area contributed by atoms with E-state index in [1.807, 2.05) is 0 Å². The summed E-state index contributed by atoms with van der Waals surface area (Å²) < 4.78 is 0. The minimum Gasteiger partial charge on any atom is -0.481 e. The lowest BCUT2D eigenvalue weighted by atomic mass is 9.94. The first kappa shape index (κ1) is 10.6. The monoisotopic (exact) mass is 184 g/mol. The number of hydrogen-bond donors (Lipinski definition) is 1. The summed E-state index contributed by atoms with van der Waals surface area (Å²) in [5.41, 5.74) is 0. The van der Waals surface area contributed by atoms with Crippen LogP contribution in [0, 0.1) is 5.92 Å². The highest BCUT2D eigenvalue weighted by Crippen LogP contribution is 2.26. The molecule has 0 amide bonds. The van der Waals surface area contributed by atoms with E-state index in [-0.39, 0.29) is 0 Å². The molecule has 1 saturated carbocycles. The highest BCUT2D eigenvalue weighted by Gasteiger charge is 2.12. The maximum Gasteiger partial charge on any atom is 0.303 e. The summed E-state index contributed by atoms with van der Waals surface area (Å²) in [5.74, 6) is 0.176. The van der Waals surface area contributed by atoms with E-state index >= 15 is 0 Å². The van der Waals surface area contributed by atoms with Crippen molar-refractivity contribution >= 4 is 5.97 Å². The van der Waals surface area contributed by atoms with Crippen LogP contribution in [0.25, 0.3) is 0 Å². The predicted molar refractivity (Wildman–Crippen MR) is 52.7 cm³/mol. The van der Waals surface area contributed by atoms with E-state index in [1.165, 1.54) is 38.5 Å². The molecule has 13 heavy (non-hydrogen) atoms. The fraction of sp³-hybridized carbons (Fsp3) is 0.909. The zero-order valence-electron chi connectivity index (χ0n) is 8.30. The van der Waals surface area contributed by atoms with Gasteiger partial charge in [-0.2, -0.15) is 0 Å². The molecule has 1 N–H and O–H groups in total. The van der Waals surface area contributed by atoms with Gasteiger partial charge in [0.2, 0.25) is 0 Å². The van der Waals surface area contributed by atoms with Crippen LogP contribution in [0.3, 0.4) is 0 Å². The Balaban J connectivity index is 2.08. The van der Waals surface area contributed by atoms with E-state index < -0.39 is 5.97 Å². The van der Waals surface area contributed by atoms with E-state index in [0.29, 0.717) is 6.42 Å². The van der Waals surface area contributed by atoms with Gasteiger partial charge in [0, 0.05) is 6.42 Å². The summed E-state index contributed by atoms with van der Waals surface area (Å²) in [5, 5.41) is 8.50. The third kappa shape index (κ3) is 4.91. The first-order valence-corrected chi connectivity index (χ1v) is 5.51. The molecule has 0 aromatic heterocycles. The second-order valence-corrected chi connectivity index (χ2v) is 4.14. The summed E-state index contributed by atoms with van der Waals surface area (Å²) in [6.45, 7) is 0. The van der Waals surface area contributed by atoms with Crippen LogP contribution < -0.4 is 0 Å². The quantitative estimate of drug-likeness (QED) is 0.681. The molecule has 0 unspecified atom stereocenters. The van der Waals surface area contributed by atoms with Gasteiger partial charge in [0.05, 0.1) is 0 Å². The topological polar surface area (TPSA) is 37.3 Å². The maximum atomic E-state index is 10.3. The first-order chi connectivity index (χ1) is 6.29. The smallest absolute Gasteiger partial charge is 0.303 e. The normalized spacial score (nSPS) is 19.7. The van der Waals surface area contributed by atoms with Crippen LogP contribution in [0.5, 0.6) is 0 Å². The fourth-order valence-electron chi connectivity index (χ4n) is 2.19. The lowest BCUT2D eigenvalue weighted by molar-refractivity contribution is -0.137. The third-order valence-corrected chi connectivity index (χ3v) is 2.98. The molecule has 1 aliphatic carbocycles. The highest BCUT2D eigenvalue weighted by molar-refractivity contribution is 5.66. The number of aliphatic carboxylic acids is 1. The Labute approximate surface area is 80.3 Å². The van der Waals surface area contributed by atoms with Crippen molar-refractivity contribution in [3.8, 4) is 0 Å². The van der Waals surface area contributed by atoms with Crippen molar-refractivity contribution in [2.45, 2.75) is 57.8 Å². The van der Waals surface area contributed by atoms with Crippen molar-refractivity contribution in [3.05, 3.63) is 0 Å². The minimum atomic E-state index is -0.645. The van der Waals surface area contributed by atoms with Gasteiger partial charge in [-0.05, 0) is 18.8 Å². The van der Waals surface area contributed by atoms with Gasteiger partial charge in [-0.25, -0.2) is 0 Å². The molecule has 0 heterocycles. The third-order valence-electron chi connectivity index (χ3n) is 2.98. The molecule has 0 atom stereocenters. The molecule has 0 bridgehead atoms. The lowest BCUT2D eigenvalue weighted by Crippen LogP contribution is -2.01. The summed E-state index contributed by atoms with van der Waals surface area (Å²) in [4.78, 5) is 10.3. The Morgan fingerprint density at radius 2 is 1.77 bits per heavy atom. The van der Waals surface area contributed by atoms with Gasteiger partial charge in [-0.1, -0.05) is 38.5 Å². The largest absolute Gasteiger partial charge is 0.481 e. The van der Waals surface area contributed by atoms with Crippen molar-refractivity contribution in [1.82, 2.24) is 0 Å². The Morgan fingerprint density at radius 3 is 2.31 bits per heavy atom. The van der Waals surface area contributed by atoms with Gasteiger partial charge in [-0.15, -0.1) is 0 Å². The number of carboxylic acids is 1. The van der Waals surface area contributed by atoms with Crippen LogP contribution in [0.1, 0.15) is 57.8 Å². The van der Waals surface area contributed by atoms with Crippen molar-refractivity contribution in [2.24, 2.45) is 5.92 Å². The lowest BCUT2D eigenvalue weighted by Gasteiger charge is -2.12. The fourth-order valence-corrected chi connectivity index (χ4v) is 2.19. The summed E-state index contributed by atoms with van der Waals surface area (Å²) >= 11 is 0. The number of hydrogen-bond acceptors (Lipinski definition) is 1. The maximum absolute atomic E-state index is 10.3. The van der Waals surface area contributed by atoms with Crippen LogP contribution in [-0.4, -0.2) is 11.1 Å². The molecule has 1 fully saturated rings. The van der Waals surface area contributed by atoms with Crippen LogP contribution in [0.15, 0.2) is 0 Å². The van der Waals surface area contributed by atoms with E-state index in [1.54, 1.807) is 0 Å². The van der Waals surface area contributed by atoms with Crippen LogP contribution in [0.2, 0.25) is 0 Å². The summed E-state index contributed by atoms with van der Waals surface area (Å²) in [7, 11) is 0. The molecule has 1 rings (SSSR count). The molecule has 0 radical (unpaired) electrons. The van der Waals surface area contributed by atoms with Gasteiger partial charge < -0.3 is 5.11 Å². The van der Waals surface area contributed by atoms with Crippen LogP contribution >= 0.6 is 0 Å². The van der Waals surface area contributed by atoms with Gasteiger partial charge in [-0.3, -0.25) is 4.79 Å². The average Bonchev–Trinajstić information content (AvgIpc) is 2.32. The second-order valence-electron chi connectivity index (χ2n) is 4.14. The Kier molecular flexibility index (Phi) is 4.87. The summed E-state index contributed by atoms with van der Waals surface area (Å²) in [6, 6.07) is 0. The molecule has 0 aromatic carbocycles. The van der Waals surface area contributed by atoms with Crippen molar-refractivity contribution in [2.75, 3.05) is 0 Å². The van der Waals surface area contributed by atoms with Crippen LogP contribution in [0.4, 0.5) is 0 Å². The van der Waals surface area contributed by atoms with Crippen molar-refractivity contribution in [1.29, 1.82) is 0 Å². The number of carboxylic acid groups (broad SMARTS) is 1. The molecule has 0 saturated heterocycles. The molecule has 76 valence electrons. The molecule has 0 aromatic rings. The molecule has 0 spiro atoms. The van der Waals surface area contributed by atoms with Crippen molar-refractivity contribution < 1.29 is 9.90 Å². The van der Waals surface area contributed by atoms with Crippen molar-refractivity contribution in [3.63, 3.8) is 0 Å². The van der Waals surface area contributed by atoms with E-state index in [0.717, 1.165) is 18.8 Å². The van der Waals surface area contributed by atoms with Gasteiger partial charge in [0.25, 0.3) is 0 Å². The zero-order chi connectivity index (χ0) is 9.52. The first-order valence-electron chi connectivity index (χ1n) is 5.51. The van der Waals surface area contributed by atoms with Gasteiger partial charge in [0.1, 0.15) is 0 Å². The minimum absolute atomic E-state index is 0.358.